The zero-order valence-electron chi connectivity index (χ0n) is 18.4. The molecule has 32 heavy (non-hydrogen) atoms. The molecule has 0 aliphatic carbocycles. The molecule has 8 nitrogen and oxygen atoms in total. The normalized spacial score (nSPS) is 19.0. The average Bonchev–Trinajstić information content (AvgIpc) is 2.80. The van der Waals surface area contributed by atoms with E-state index in [0.717, 1.165) is 18.9 Å². The monoisotopic (exact) mass is 447 g/mol. The predicted octanol–water partition coefficient (Wildman–Crippen LogP) is 3.14. The van der Waals surface area contributed by atoms with E-state index in [0.29, 0.717) is 24.6 Å². The van der Waals surface area contributed by atoms with Crippen LogP contribution in [0.2, 0.25) is 0 Å². The lowest BCUT2D eigenvalue weighted by Crippen LogP contribution is -2.44. The molecule has 1 aromatic carbocycles. The fraction of sp³-hybridized carbons (Fsp3) is 0.409. The van der Waals surface area contributed by atoms with E-state index < -0.39 is 11.6 Å². The summed E-state index contributed by atoms with van der Waals surface area (Å²) in [5.41, 5.74) is 6.19. The van der Waals surface area contributed by atoms with Gasteiger partial charge in [0.15, 0.2) is 29.0 Å². The molecular weight excluding hydrogens is 420 g/mol. The number of allylic oxidation sites excluding steroid dienone is 1. The van der Waals surface area contributed by atoms with Gasteiger partial charge in [0.25, 0.3) is 0 Å². The van der Waals surface area contributed by atoms with Crippen molar-refractivity contribution < 1.29 is 23.0 Å². The Bertz CT molecular complexity index is 968. The maximum Gasteiger partial charge on any atom is 0.220 e. The first-order chi connectivity index (χ1) is 15.4. The summed E-state index contributed by atoms with van der Waals surface area (Å²) in [6.07, 6.45) is 4.85. The molecule has 3 rings (SSSR count). The summed E-state index contributed by atoms with van der Waals surface area (Å²) in [5, 5.41) is 0. The van der Waals surface area contributed by atoms with Crippen LogP contribution in [0.15, 0.2) is 39.9 Å². The third-order valence-corrected chi connectivity index (χ3v) is 5.35. The van der Waals surface area contributed by atoms with Crippen LogP contribution in [0.1, 0.15) is 24.8 Å². The summed E-state index contributed by atoms with van der Waals surface area (Å²) >= 11 is 0. The minimum atomic E-state index is -0.855. The molecule has 10 heteroatoms. The van der Waals surface area contributed by atoms with E-state index in [2.05, 4.69) is 21.6 Å². The molecule has 2 heterocycles. The van der Waals surface area contributed by atoms with Crippen molar-refractivity contribution in [1.29, 1.82) is 0 Å². The van der Waals surface area contributed by atoms with Crippen LogP contribution in [0.25, 0.3) is 5.70 Å². The minimum absolute atomic E-state index is 0.0201. The molecule has 0 aromatic heterocycles. The highest BCUT2D eigenvalue weighted by Crippen LogP contribution is 2.37. The minimum Gasteiger partial charge on any atom is -0.494 e. The third-order valence-electron chi connectivity index (χ3n) is 5.35. The van der Waals surface area contributed by atoms with Gasteiger partial charge in [-0.25, -0.2) is 23.8 Å². The van der Waals surface area contributed by atoms with Crippen LogP contribution in [-0.4, -0.2) is 62.9 Å². The summed E-state index contributed by atoms with van der Waals surface area (Å²) < 4.78 is 45.7. The summed E-state index contributed by atoms with van der Waals surface area (Å²) in [7, 11) is 4.28. The Morgan fingerprint density at radius 3 is 2.34 bits per heavy atom. The lowest BCUT2D eigenvalue weighted by Gasteiger charge is -2.35. The number of hydrogen-bond acceptors (Lipinski definition) is 6. The van der Waals surface area contributed by atoms with Crippen LogP contribution < -0.4 is 15.2 Å². The molecule has 2 aliphatic heterocycles. The van der Waals surface area contributed by atoms with Crippen LogP contribution in [0.4, 0.5) is 8.78 Å². The van der Waals surface area contributed by atoms with E-state index in [1.54, 1.807) is 13.2 Å². The van der Waals surface area contributed by atoms with E-state index in [1.807, 2.05) is 4.90 Å². The first kappa shape index (κ1) is 23.4. The first-order valence-electron chi connectivity index (χ1n) is 10.1. The van der Waals surface area contributed by atoms with Crippen LogP contribution >= 0.6 is 0 Å². The molecule has 0 amide bonds. The number of piperidine rings is 1. The van der Waals surface area contributed by atoms with Crippen molar-refractivity contribution in [3.05, 3.63) is 42.1 Å². The van der Waals surface area contributed by atoms with Crippen molar-refractivity contribution in [1.82, 2.24) is 4.90 Å². The Morgan fingerprint density at radius 2 is 1.81 bits per heavy atom. The van der Waals surface area contributed by atoms with E-state index in [-0.39, 0.29) is 41.2 Å². The Balaban J connectivity index is 2.08. The van der Waals surface area contributed by atoms with Gasteiger partial charge in [0.05, 0.1) is 37.3 Å². The Hall–Kier alpha value is -3.27. The second-order valence-corrected chi connectivity index (χ2v) is 7.16. The fourth-order valence-corrected chi connectivity index (χ4v) is 3.69. The second-order valence-electron chi connectivity index (χ2n) is 7.16. The average molecular weight is 447 g/mol. The van der Waals surface area contributed by atoms with Crippen LogP contribution in [-0.2, 0) is 4.74 Å². The smallest absolute Gasteiger partial charge is 0.220 e. The third kappa shape index (κ3) is 4.80. The number of aliphatic imine (C=N–C) groups is 3. The SMILES string of the molecule is C=CN=C(N)N=C1CC=C(c2c(F)c(OC)cc(OC)c2F)N=C1N1CCC(OC)CC1. The molecule has 0 spiro atoms. The highest BCUT2D eigenvalue weighted by atomic mass is 19.1. The quantitative estimate of drug-likeness (QED) is 0.553. The molecule has 0 unspecified atom stereocenters. The van der Waals surface area contributed by atoms with E-state index in [9.17, 15) is 0 Å². The van der Waals surface area contributed by atoms with Crippen molar-refractivity contribution in [3.63, 3.8) is 0 Å². The number of benzene rings is 1. The molecule has 172 valence electrons. The highest BCUT2D eigenvalue weighted by molar-refractivity contribution is 6.44. The van der Waals surface area contributed by atoms with E-state index in [1.165, 1.54) is 20.4 Å². The maximum absolute atomic E-state index is 15.1. The lowest BCUT2D eigenvalue weighted by molar-refractivity contribution is 0.0582. The lowest BCUT2D eigenvalue weighted by atomic mass is 10.0. The number of ether oxygens (including phenoxy) is 3. The number of nitrogens with two attached hydrogens (primary N) is 1. The van der Waals surface area contributed by atoms with Gasteiger partial charge in [-0.1, -0.05) is 12.7 Å². The molecule has 0 bridgehead atoms. The second kappa shape index (κ2) is 10.4. The van der Waals surface area contributed by atoms with Gasteiger partial charge in [0, 0.05) is 38.9 Å². The number of guanidine groups is 1. The number of rotatable bonds is 5. The molecule has 2 aliphatic rings. The zero-order chi connectivity index (χ0) is 23.3. The number of halogens is 2. The van der Waals surface area contributed by atoms with Crippen LogP contribution in [0.3, 0.4) is 0 Å². The maximum atomic E-state index is 15.1. The fourth-order valence-electron chi connectivity index (χ4n) is 3.69. The van der Waals surface area contributed by atoms with E-state index >= 15 is 8.78 Å². The van der Waals surface area contributed by atoms with Gasteiger partial charge in [0.2, 0.25) is 5.96 Å². The van der Waals surface area contributed by atoms with Gasteiger partial charge in [-0.15, -0.1) is 0 Å². The van der Waals surface area contributed by atoms with Gasteiger partial charge < -0.3 is 24.8 Å². The molecule has 1 saturated heterocycles. The van der Waals surface area contributed by atoms with E-state index in [4.69, 9.17) is 19.9 Å². The number of hydrogen-bond donors (Lipinski definition) is 1. The predicted molar refractivity (Wildman–Crippen MR) is 120 cm³/mol. The molecule has 1 aromatic rings. The number of nitrogens with zero attached hydrogens (tertiary/aromatic N) is 4. The first-order valence-corrected chi connectivity index (χ1v) is 10.1. The van der Waals surface area contributed by atoms with Gasteiger partial charge in [-0.2, -0.15) is 0 Å². The summed E-state index contributed by atoms with van der Waals surface area (Å²) in [4.78, 5) is 14.8. The van der Waals surface area contributed by atoms with Crippen LogP contribution in [0.5, 0.6) is 11.5 Å². The molecule has 0 saturated carbocycles. The van der Waals surface area contributed by atoms with Crippen molar-refractivity contribution in [3.8, 4) is 11.5 Å². The Labute approximate surface area is 185 Å². The van der Waals surface area contributed by atoms with Gasteiger partial charge >= 0.3 is 0 Å². The van der Waals surface area contributed by atoms with Gasteiger partial charge in [-0.3, -0.25) is 0 Å². The van der Waals surface area contributed by atoms with Crippen molar-refractivity contribution in [2.24, 2.45) is 20.7 Å². The Kier molecular flexibility index (Phi) is 7.57. The largest absolute Gasteiger partial charge is 0.494 e. The van der Waals surface area contributed by atoms with Crippen molar-refractivity contribution in [2.45, 2.75) is 25.4 Å². The van der Waals surface area contributed by atoms with Crippen molar-refractivity contribution in [2.75, 3.05) is 34.4 Å². The Morgan fingerprint density at radius 1 is 1.19 bits per heavy atom. The van der Waals surface area contributed by atoms with Crippen LogP contribution in [0, 0.1) is 11.6 Å². The topological polar surface area (TPSA) is 94.0 Å². The highest BCUT2D eigenvalue weighted by Gasteiger charge is 2.29. The van der Waals surface area contributed by atoms with Crippen molar-refractivity contribution >= 4 is 23.2 Å². The molecule has 0 atom stereocenters. The summed E-state index contributed by atoms with van der Waals surface area (Å²) in [5.74, 6) is -1.48. The standard InChI is InChI=1S/C22H27F2N5O3/c1-5-26-22(25)28-15-7-6-14(27-21(15)29-10-8-13(30-2)9-11-29)18-19(23)16(31-3)12-17(32-4)20(18)24/h5-6,12-13H,1,7-11H2,2-4H3,(H2,25,26). The van der Waals surface area contributed by atoms with Gasteiger partial charge in [-0.05, 0) is 12.8 Å². The molecule has 0 radical (unpaired) electrons. The summed E-state index contributed by atoms with van der Waals surface area (Å²) in [6, 6.07) is 1.16. The molecular formula is C22H27F2N5O3. The van der Waals surface area contributed by atoms with Gasteiger partial charge in [0.1, 0.15) is 0 Å². The molecule has 2 N–H and O–H groups in total. The number of amidine groups is 1. The number of methoxy groups -OCH3 is 3. The summed E-state index contributed by atoms with van der Waals surface area (Å²) in [6.45, 7) is 4.81. The molecule has 1 fully saturated rings. The zero-order valence-corrected chi connectivity index (χ0v) is 18.4. The number of likely N-dealkylation sites (tertiary alicyclic amines) is 1.